The van der Waals surface area contributed by atoms with Gasteiger partial charge < -0.3 is 20.3 Å². The Labute approximate surface area is 114 Å². The highest BCUT2D eigenvalue weighted by Crippen LogP contribution is 2.36. The van der Waals surface area contributed by atoms with E-state index in [0.717, 1.165) is 23.5 Å². The second-order valence-corrected chi connectivity index (χ2v) is 5.12. The van der Waals surface area contributed by atoms with Crippen LogP contribution in [-0.4, -0.2) is 31.0 Å². The Bertz CT molecular complexity index is 430. The standard InChI is InChI=1S/C15H23NO3/c1-3-18-14-6-12-4-10(2)19-15(12)7-13(14)5-11(8-16)9-17/h6-7,10-11,17H,3-5,8-9,16H2,1-2H3. The first-order valence-electron chi connectivity index (χ1n) is 6.94. The van der Waals surface area contributed by atoms with Gasteiger partial charge in [0.15, 0.2) is 0 Å². The molecule has 2 rings (SSSR count). The molecule has 0 saturated carbocycles. The van der Waals surface area contributed by atoms with Crippen LogP contribution in [0.4, 0.5) is 0 Å². The second-order valence-electron chi connectivity index (χ2n) is 5.12. The Hall–Kier alpha value is -1.26. The Kier molecular flexibility index (Phi) is 4.66. The Balaban J connectivity index is 2.27. The van der Waals surface area contributed by atoms with Crippen LogP contribution in [0, 0.1) is 5.92 Å². The van der Waals surface area contributed by atoms with Gasteiger partial charge in [-0.25, -0.2) is 0 Å². The lowest BCUT2D eigenvalue weighted by Gasteiger charge is -2.16. The number of hydrogen-bond donors (Lipinski definition) is 2. The van der Waals surface area contributed by atoms with Crippen LogP contribution in [0.3, 0.4) is 0 Å². The van der Waals surface area contributed by atoms with Crippen LogP contribution >= 0.6 is 0 Å². The van der Waals surface area contributed by atoms with Crippen molar-refractivity contribution in [1.29, 1.82) is 0 Å². The van der Waals surface area contributed by atoms with Gasteiger partial charge in [0.1, 0.15) is 17.6 Å². The summed E-state index contributed by atoms with van der Waals surface area (Å²) in [7, 11) is 0. The van der Waals surface area contributed by atoms with Crippen molar-refractivity contribution in [2.75, 3.05) is 19.8 Å². The first kappa shape index (κ1) is 14.2. The van der Waals surface area contributed by atoms with Crippen LogP contribution < -0.4 is 15.2 Å². The number of hydrogen-bond acceptors (Lipinski definition) is 4. The molecule has 1 aliphatic heterocycles. The molecule has 1 aromatic rings. The van der Waals surface area contributed by atoms with Crippen LogP contribution in [0.5, 0.6) is 11.5 Å². The highest BCUT2D eigenvalue weighted by Gasteiger charge is 2.22. The minimum absolute atomic E-state index is 0.0658. The molecule has 4 heteroatoms. The predicted molar refractivity (Wildman–Crippen MR) is 74.7 cm³/mol. The summed E-state index contributed by atoms with van der Waals surface area (Å²) >= 11 is 0. The van der Waals surface area contributed by atoms with E-state index in [0.29, 0.717) is 19.6 Å². The first-order valence-corrected chi connectivity index (χ1v) is 6.94. The van der Waals surface area contributed by atoms with Crippen molar-refractivity contribution in [3.8, 4) is 11.5 Å². The van der Waals surface area contributed by atoms with E-state index < -0.39 is 0 Å². The van der Waals surface area contributed by atoms with Crippen LogP contribution in [0.1, 0.15) is 25.0 Å². The highest BCUT2D eigenvalue weighted by atomic mass is 16.5. The van der Waals surface area contributed by atoms with Crippen LogP contribution in [0.15, 0.2) is 12.1 Å². The Morgan fingerprint density at radius 3 is 2.95 bits per heavy atom. The summed E-state index contributed by atoms with van der Waals surface area (Å²) in [6.07, 6.45) is 1.87. The number of benzene rings is 1. The molecule has 0 aliphatic carbocycles. The third-order valence-corrected chi connectivity index (χ3v) is 3.48. The van der Waals surface area contributed by atoms with Crippen LogP contribution in [0.25, 0.3) is 0 Å². The maximum absolute atomic E-state index is 9.29. The van der Waals surface area contributed by atoms with E-state index in [1.807, 2.05) is 13.0 Å². The largest absolute Gasteiger partial charge is 0.494 e. The fourth-order valence-electron chi connectivity index (χ4n) is 2.46. The van der Waals surface area contributed by atoms with Crippen molar-refractivity contribution >= 4 is 0 Å². The molecule has 3 N–H and O–H groups in total. The quantitative estimate of drug-likeness (QED) is 0.818. The highest BCUT2D eigenvalue weighted by molar-refractivity contribution is 5.49. The van der Waals surface area contributed by atoms with Gasteiger partial charge in [-0.15, -0.1) is 0 Å². The van der Waals surface area contributed by atoms with Gasteiger partial charge >= 0.3 is 0 Å². The summed E-state index contributed by atoms with van der Waals surface area (Å²) in [5.74, 6) is 1.90. The second kappa shape index (κ2) is 6.26. The summed E-state index contributed by atoms with van der Waals surface area (Å²) in [5.41, 5.74) is 7.93. The molecule has 0 radical (unpaired) electrons. The fourth-order valence-corrected chi connectivity index (χ4v) is 2.46. The third kappa shape index (κ3) is 3.19. The van der Waals surface area contributed by atoms with Crippen molar-refractivity contribution in [2.24, 2.45) is 11.7 Å². The minimum Gasteiger partial charge on any atom is -0.494 e. The van der Waals surface area contributed by atoms with Crippen molar-refractivity contribution in [3.63, 3.8) is 0 Å². The van der Waals surface area contributed by atoms with Crippen molar-refractivity contribution in [2.45, 2.75) is 32.8 Å². The molecule has 106 valence electrons. The van der Waals surface area contributed by atoms with E-state index in [9.17, 15) is 5.11 Å². The molecule has 1 aromatic carbocycles. The maximum atomic E-state index is 9.29. The molecule has 1 heterocycles. The molecule has 2 unspecified atom stereocenters. The molecule has 0 spiro atoms. The number of ether oxygens (including phenoxy) is 2. The lowest BCUT2D eigenvalue weighted by Crippen LogP contribution is -2.20. The van der Waals surface area contributed by atoms with E-state index in [2.05, 4.69) is 13.0 Å². The zero-order valence-electron chi connectivity index (χ0n) is 11.7. The summed E-state index contributed by atoms with van der Waals surface area (Å²) in [6, 6.07) is 4.12. The van der Waals surface area contributed by atoms with Gasteiger partial charge in [-0.05, 0) is 50.4 Å². The summed E-state index contributed by atoms with van der Waals surface area (Å²) in [4.78, 5) is 0. The predicted octanol–water partition coefficient (Wildman–Crippen LogP) is 1.52. The van der Waals surface area contributed by atoms with E-state index in [-0.39, 0.29) is 18.6 Å². The van der Waals surface area contributed by atoms with E-state index in [1.54, 1.807) is 0 Å². The maximum Gasteiger partial charge on any atom is 0.123 e. The molecule has 19 heavy (non-hydrogen) atoms. The van der Waals surface area contributed by atoms with Crippen LogP contribution in [0.2, 0.25) is 0 Å². The average molecular weight is 265 g/mol. The normalized spacial score (nSPS) is 18.8. The lowest BCUT2D eigenvalue weighted by molar-refractivity contribution is 0.227. The van der Waals surface area contributed by atoms with Crippen molar-refractivity contribution in [1.82, 2.24) is 0 Å². The van der Waals surface area contributed by atoms with E-state index in [1.165, 1.54) is 5.56 Å². The minimum atomic E-state index is 0.0658. The summed E-state index contributed by atoms with van der Waals surface area (Å²) in [6.45, 7) is 5.24. The molecule has 0 amide bonds. The zero-order chi connectivity index (χ0) is 13.8. The Morgan fingerprint density at radius 2 is 2.32 bits per heavy atom. The van der Waals surface area contributed by atoms with E-state index >= 15 is 0 Å². The number of nitrogens with two attached hydrogens (primary N) is 1. The van der Waals surface area contributed by atoms with Gasteiger partial charge in [-0.1, -0.05) is 0 Å². The molecule has 0 bridgehead atoms. The first-order chi connectivity index (χ1) is 9.17. The van der Waals surface area contributed by atoms with Gasteiger partial charge in [0.05, 0.1) is 6.61 Å². The van der Waals surface area contributed by atoms with Gasteiger partial charge in [-0.3, -0.25) is 0 Å². The summed E-state index contributed by atoms with van der Waals surface area (Å²) in [5, 5.41) is 9.29. The monoisotopic (exact) mass is 265 g/mol. The van der Waals surface area contributed by atoms with Crippen LogP contribution in [-0.2, 0) is 12.8 Å². The molecule has 2 atom stereocenters. The molecule has 4 nitrogen and oxygen atoms in total. The summed E-state index contributed by atoms with van der Waals surface area (Å²) < 4.78 is 11.5. The third-order valence-electron chi connectivity index (χ3n) is 3.48. The number of rotatable bonds is 6. The molecule has 0 fully saturated rings. The van der Waals surface area contributed by atoms with Crippen molar-refractivity contribution < 1.29 is 14.6 Å². The van der Waals surface area contributed by atoms with E-state index in [4.69, 9.17) is 15.2 Å². The topological polar surface area (TPSA) is 64.7 Å². The van der Waals surface area contributed by atoms with Crippen molar-refractivity contribution in [3.05, 3.63) is 23.3 Å². The SMILES string of the molecule is CCOc1cc2c(cc1CC(CN)CO)OC(C)C2. The average Bonchev–Trinajstić information content (AvgIpc) is 2.75. The molecule has 1 aliphatic rings. The van der Waals surface area contributed by atoms with Gasteiger partial charge in [0.25, 0.3) is 0 Å². The van der Waals surface area contributed by atoms with Gasteiger partial charge in [0, 0.05) is 18.6 Å². The smallest absolute Gasteiger partial charge is 0.123 e. The van der Waals surface area contributed by atoms with Gasteiger partial charge in [0.2, 0.25) is 0 Å². The number of aliphatic hydroxyl groups is 1. The zero-order valence-corrected chi connectivity index (χ0v) is 11.7. The lowest BCUT2D eigenvalue weighted by atomic mass is 9.97. The Morgan fingerprint density at radius 1 is 1.53 bits per heavy atom. The fraction of sp³-hybridized carbons (Fsp3) is 0.600. The molecule has 0 aromatic heterocycles. The number of fused-ring (bicyclic) bond motifs is 1. The molecular formula is C15H23NO3. The van der Waals surface area contributed by atoms with Gasteiger partial charge in [-0.2, -0.15) is 0 Å². The number of aliphatic hydroxyl groups excluding tert-OH is 1. The molecular weight excluding hydrogens is 242 g/mol. The molecule has 0 saturated heterocycles.